The van der Waals surface area contributed by atoms with E-state index in [1.54, 1.807) is 11.8 Å². The highest BCUT2D eigenvalue weighted by atomic mass is 35.5. The normalized spacial score (nSPS) is 22.9. The summed E-state index contributed by atoms with van der Waals surface area (Å²) in [7, 11) is 0. The molecule has 1 aromatic carbocycles. The van der Waals surface area contributed by atoms with Crippen LogP contribution in [-0.4, -0.2) is 35.7 Å². The van der Waals surface area contributed by atoms with Gasteiger partial charge in [-0.05, 0) is 49.8 Å². The van der Waals surface area contributed by atoms with Gasteiger partial charge in [0.05, 0.1) is 5.25 Å². The molecule has 0 aromatic heterocycles. The van der Waals surface area contributed by atoms with Gasteiger partial charge in [-0.3, -0.25) is 4.79 Å². The molecule has 0 aliphatic carbocycles. The van der Waals surface area contributed by atoms with Gasteiger partial charge in [0.15, 0.2) is 0 Å². The number of rotatable bonds is 2. The van der Waals surface area contributed by atoms with Crippen molar-refractivity contribution in [3.05, 3.63) is 29.3 Å². The molecule has 22 heavy (non-hydrogen) atoms. The number of hydrogen-bond donors (Lipinski definition) is 1. The Morgan fingerprint density at radius 2 is 2.09 bits per heavy atom. The van der Waals surface area contributed by atoms with Crippen LogP contribution in [0.3, 0.4) is 0 Å². The summed E-state index contributed by atoms with van der Waals surface area (Å²) in [6.45, 7) is 6.78. The standard InChI is InChI=1S/C17H24N2OS.ClH/c1-12-3-4-13-10-15(21-14(13)9-12)16(20)19-7-5-17(2,11-18)6-8-19;/h3-4,9,15H,5-8,10-11,18H2,1-2H3;1H. The minimum atomic E-state index is 0. The Bertz CT molecular complexity index is 556. The lowest BCUT2D eigenvalue weighted by Gasteiger charge is -2.39. The maximum Gasteiger partial charge on any atom is 0.236 e. The Labute approximate surface area is 143 Å². The third kappa shape index (κ3) is 3.44. The minimum Gasteiger partial charge on any atom is -0.342 e. The second-order valence-corrected chi connectivity index (χ2v) is 8.01. The summed E-state index contributed by atoms with van der Waals surface area (Å²) in [5.74, 6) is 0.313. The SMILES string of the molecule is Cc1ccc2c(c1)SC(C(=O)N1CCC(C)(CN)CC1)C2.Cl. The number of aryl methyl sites for hydroxylation is 1. The molecule has 0 saturated carbocycles. The Hall–Kier alpha value is -0.710. The van der Waals surface area contributed by atoms with Crippen LogP contribution in [0.5, 0.6) is 0 Å². The number of fused-ring (bicyclic) bond motifs is 1. The highest BCUT2D eigenvalue weighted by Gasteiger charge is 2.35. The van der Waals surface area contributed by atoms with Crippen LogP contribution in [0.15, 0.2) is 23.1 Å². The molecule has 5 heteroatoms. The molecule has 0 bridgehead atoms. The number of nitrogens with two attached hydrogens (primary N) is 1. The van der Waals surface area contributed by atoms with Gasteiger partial charge in [0.2, 0.25) is 5.91 Å². The van der Waals surface area contributed by atoms with Crippen LogP contribution in [0, 0.1) is 12.3 Å². The maximum absolute atomic E-state index is 12.7. The molecule has 2 heterocycles. The summed E-state index contributed by atoms with van der Waals surface area (Å²) in [6, 6.07) is 6.52. The molecule has 1 aromatic rings. The van der Waals surface area contributed by atoms with Crippen LogP contribution in [-0.2, 0) is 11.2 Å². The van der Waals surface area contributed by atoms with Crippen molar-refractivity contribution in [2.45, 2.75) is 43.3 Å². The molecule has 1 atom stereocenters. The number of amides is 1. The monoisotopic (exact) mass is 340 g/mol. The second-order valence-electron chi connectivity index (χ2n) is 6.76. The van der Waals surface area contributed by atoms with E-state index in [0.717, 1.165) is 38.9 Å². The van der Waals surface area contributed by atoms with Crippen molar-refractivity contribution in [1.82, 2.24) is 4.90 Å². The Morgan fingerprint density at radius 1 is 1.41 bits per heavy atom. The quantitative estimate of drug-likeness (QED) is 0.900. The topological polar surface area (TPSA) is 46.3 Å². The van der Waals surface area contributed by atoms with Crippen LogP contribution in [0.2, 0.25) is 0 Å². The van der Waals surface area contributed by atoms with E-state index in [1.807, 2.05) is 4.90 Å². The van der Waals surface area contributed by atoms with E-state index in [-0.39, 0.29) is 23.1 Å². The zero-order valence-corrected chi connectivity index (χ0v) is 14.9. The van der Waals surface area contributed by atoms with Gasteiger partial charge in [0.1, 0.15) is 0 Å². The summed E-state index contributed by atoms with van der Waals surface area (Å²) in [5, 5.41) is 0.0732. The van der Waals surface area contributed by atoms with Crippen LogP contribution >= 0.6 is 24.2 Å². The van der Waals surface area contributed by atoms with E-state index < -0.39 is 0 Å². The summed E-state index contributed by atoms with van der Waals surface area (Å²) in [4.78, 5) is 16.1. The number of carbonyl (C=O) groups excluding carboxylic acids is 1. The van der Waals surface area contributed by atoms with E-state index in [2.05, 4.69) is 32.0 Å². The minimum absolute atomic E-state index is 0. The first kappa shape index (κ1) is 17.6. The largest absolute Gasteiger partial charge is 0.342 e. The molecule has 1 fully saturated rings. The fourth-order valence-corrected chi connectivity index (χ4v) is 4.52. The number of halogens is 1. The van der Waals surface area contributed by atoms with Gasteiger partial charge in [-0.1, -0.05) is 24.6 Å². The molecule has 2 aliphatic heterocycles. The van der Waals surface area contributed by atoms with Crippen LogP contribution < -0.4 is 5.73 Å². The number of likely N-dealkylation sites (tertiary alicyclic amines) is 1. The summed E-state index contributed by atoms with van der Waals surface area (Å²) in [6.07, 6.45) is 2.93. The zero-order chi connectivity index (χ0) is 15.0. The highest BCUT2D eigenvalue weighted by molar-refractivity contribution is 8.01. The third-order valence-electron chi connectivity index (χ3n) is 4.95. The molecule has 0 radical (unpaired) electrons. The number of piperidine rings is 1. The molecule has 122 valence electrons. The van der Waals surface area contributed by atoms with Crippen molar-refractivity contribution in [2.24, 2.45) is 11.1 Å². The highest BCUT2D eigenvalue weighted by Crippen LogP contribution is 2.39. The number of nitrogens with zero attached hydrogens (tertiary/aromatic N) is 1. The van der Waals surface area contributed by atoms with Gasteiger partial charge < -0.3 is 10.6 Å². The van der Waals surface area contributed by atoms with Gasteiger partial charge in [-0.2, -0.15) is 0 Å². The van der Waals surface area contributed by atoms with E-state index in [4.69, 9.17) is 5.73 Å². The Balaban J connectivity index is 0.00000176. The van der Waals surface area contributed by atoms with Gasteiger partial charge >= 0.3 is 0 Å². The predicted octanol–water partition coefficient (Wildman–Crippen LogP) is 3.02. The number of thioether (sulfide) groups is 1. The van der Waals surface area contributed by atoms with Crippen molar-refractivity contribution in [3.8, 4) is 0 Å². The summed E-state index contributed by atoms with van der Waals surface area (Å²) >= 11 is 1.74. The zero-order valence-electron chi connectivity index (χ0n) is 13.3. The van der Waals surface area contributed by atoms with E-state index in [1.165, 1.54) is 16.0 Å². The van der Waals surface area contributed by atoms with Crippen LogP contribution in [0.25, 0.3) is 0 Å². The average Bonchev–Trinajstić information content (AvgIpc) is 2.90. The average molecular weight is 341 g/mol. The first-order chi connectivity index (χ1) is 10.0. The molecule has 0 spiro atoms. The molecular weight excluding hydrogens is 316 g/mol. The van der Waals surface area contributed by atoms with Crippen molar-refractivity contribution in [1.29, 1.82) is 0 Å². The summed E-state index contributed by atoms with van der Waals surface area (Å²) in [5.41, 5.74) is 8.66. The van der Waals surface area contributed by atoms with Crippen molar-refractivity contribution in [3.63, 3.8) is 0 Å². The molecule has 3 nitrogen and oxygen atoms in total. The molecule has 2 N–H and O–H groups in total. The number of benzene rings is 1. The predicted molar refractivity (Wildman–Crippen MR) is 94.8 cm³/mol. The van der Waals surface area contributed by atoms with Crippen LogP contribution in [0.4, 0.5) is 0 Å². The lowest BCUT2D eigenvalue weighted by atomic mass is 9.80. The van der Waals surface area contributed by atoms with E-state index >= 15 is 0 Å². The van der Waals surface area contributed by atoms with E-state index in [9.17, 15) is 4.79 Å². The molecule has 1 unspecified atom stereocenters. The smallest absolute Gasteiger partial charge is 0.236 e. The number of hydrogen-bond acceptors (Lipinski definition) is 3. The van der Waals surface area contributed by atoms with Gasteiger partial charge in [0.25, 0.3) is 0 Å². The molecule has 1 saturated heterocycles. The van der Waals surface area contributed by atoms with Crippen molar-refractivity contribution >= 4 is 30.1 Å². The maximum atomic E-state index is 12.7. The number of carbonyl (C=O) groups is 1. The second kappa shape index (κ2) is 6.81. The van der Waals surface area contributed by atoms with Crippen molar-refractivity contribution < 1.29 is 4.79 Å². The fraction of sp³-hybridized carbons (Fsp3) is 0.588. The fourth-order valence-electron chi connectivity index (χ4n) is 3.15. The first-order valence-corrected chi connectivity index (χ1v) is 8.64. The first-order valence-electron chi connectivity index (χ1n) is 7.76. The molecular formula is C17H25ClN2OS. The summed E-state index contributed by atoms with van der Waals surface area (Å²) < 4.78 is 0. The molecule has 2 aliphatic rings. The van der Waals surface area contributed by atoms with E-state index in [0.29, 0.717) is 5.91 Å². The molecule has 1 amide bonds. The van der Waals surface area contributed by atoms with Gasteiger partial charge in [0, 0.05) is 18.0 Å². The Morgan fingerprint density at radius 3 is 2.73 bits per heavy atom. The van der Waals surface area contributed by atoms with Crippen LogP contribution in [0.1, 0.15) is 30.9 Å². The lowest BCUT2D eigenvalue weighted by molar-refractivity contribution is -0.132. The van der Waals surface area contributed by atoms with Gasteiger partial charge in [-0.25, -0.2) is 0 Å². The van der Waals surface area contributed by atoms with Crippen molar-refractivity contribution in [2.75, 3.05) is 19.6 Å². The lowest BCUT2D eigenvalue weighted by Crippen LogP contribution is -2.47. The third-order valence-corrected chi connectivity index (χ3v) is 6.23. The van der Waals surface area contributed by atoms with Gasteiger partial charge in [-0.15, -0.1) is 24.2 Å². The Kier molecular flexibility index (Phi) is 5.46. The molecule has 3 rings (SSSR count).